The van der Waals surface area contributed by atoms with Crippen molar-refractivity contribution >= 4 is 27.7 Å². The molecule has 1 unspecified atom stereocenters. The van der Waals surface area contributed by atoms with Crippen molar-refractivity contribution in [3.8, 4) is 11.5 Å². The predicted octanol–water partition coefficient (Wildman–Crippen LogP) is 2.83. The van der Waals surface area contributed by atoms with Crippen LogP contribution in [0.1, 0.15) is 32.9 Å². The van der Waals surface area contributed by atoms with Crippen molar-refractivity contribution in [1.82, 2.24) is 15.6 Å². The van der Waals surface area contributed by atoms with Gasteiger partial charge < -0.3 is 25.1 Å². The molecule has 7 nitrogen and oxygen atoms in total. The molecule has 0 bridgehead atoms. The standard InChI is InChI=1S/C21H34N4O3S/c1-21(2,3)29(26)11-10-24-20(22-4)23-9-7-8-15-12-17-18(25-15)13-16(27-5)14-19(17)28-6/h12-14,25H,7-11H2,1-6H3,(H2,22,23,24). The Balaban J connectivity index is 1.81. The molecular weight excluding hydrogens is 388 g/mol. The van der Waals surface area contributed by atoms with Gasteiger partial charge in [0.2, 0.25) is 0 Å². The third kappa shape index (κ3) is 6.66. The Kier molecular flexibility index (Phi) is 8.37. The van der Waals surface area contributed by atoms with Gasteiger partial charge >= 0.3 is 0 Å². The number of methoxy groups -OCH3 is 2. The maximum absolute atomic E-state index is 12.1. The number of aliphatic imine (C=N–C) groups is 1. The highest BCUT2D eigenvalue weighted by atomic mass is 32.2. The molecule has 29 heavy (non-hydrogen) atoms. The van der Waals surface area contributed by atoms with Crippen LogP contribution in [0.5, 0.6) is 11.5 Å². The molecule has 0 aliphatic carbocycles. The minimum Gasteiger partial charge on any atom is -0.497 e. The van der Waals surface area contributed by atoms with Crippen molar-refractivity contribution in [3.05, 3.63) is 23.9 Å². The Morgan fingerprint density at radius 3 is 2.48 bits per heavy atom. The van der Waals surface area contributed by atoms with E-state index in [4.69, 9.17) is 9.47 Å². The second kappa shape index (κ2) is 10.5. The SMILES string of the molecule is CN=C(NCCCc1cc2c(OC)cc(OC)cc2[nH]1)NCCS(=O)C(C)(C)C. The maximum Gasteiger partial charge on any atom is 0.191 e. The zero-order chi connectivity index (χ0) is 21.4. The number of aromatic nitrogens is 1. The summed E-state index contributed by atoms with van der Waals surface area (Å²) >= 11 is 0. The summed E-state index contributed by atoms with van der Waals surface area (Å²) in [6.07, 6.45) is 1.85. The van der Waals surface area contributed by atoms with Crippen molar-refractivity contribution < 1.29 is 13.7 Å². The summed E-state index contributed by atoms with van der Waals surface area (Å²) in [6.45, 7) is 7.40. The first-order chi connectivity index (χ1) is 13.8. The van der Waals surface area contributed by atoms with E-state index in [0.29, 0.717) is 12.3 Å². The number of H-pyrrole nitrogens is 1. The summed E-state index contributed by atoms with van der Waals surface area (Å²) in [7, 11) is 4.19. The smallest absolute Gasteiger partial charge is 0.191 e. The Morgan fingerprint density at radius 1 is 1.14 bits per heavy atom. The van der Waals surface area contributed by atoms with E-state index in [1.54, 1.807) is 21.3 Å². The molecule has 1 heterocycles. The zero-order valence-electron chi connectivity index (χ0n) is 18.3. The van der Waals surface area contributed by atoms with Gasteiger partial charge in [0.05, 0.1) is 19.7 Å². The van der Waals surface area contributed by atoms with Gasteiger partial charge in [-0.25, -0.2) is 0 Å². The number of benzene rings is 1. The highest BCUT2D eigenvalue weighted by Crippen LogP contribution is 2.31. The molecule has 2 aromatic rings. The molecule has 0 spiro atoms. The van der Waals surface area contributed by atoms with E-state index in [1.807, 2.05) is 32.9 Å². The summed E-state index contributed by atoms with van der Waals surface area (Å²) in [5, 5.41) is 7.59. The lowest BCUT2D eigenvalue weighted by Crippen LogP contribution is -2.40. The summed E-state index contributed by atoms with van der Waals surface area (Å²) in [5.41, 5.74) is 2.16. The van der Waals surface area contributed by atoms with Crippen LogP contribution in [0, 0.1) is 0 Å². The van der Waals surface area contributed by atoms with Gasteiger partial charge in [-0.3, -0.25) is 9.20 Å². The number of nitrogens with zero attached hydrogens (tertiary/aromatic N) is 1. The predicted molar refractivity (Wildman–Crippen MR) is 122 cm³/mol. The fourth-order valence-electron chi connectivity index (χ4n) is 2.93. The van der Waals surface area contributed by atoms with Gasteiger partial charge in [0.1, 0.15) is 11.5 Å². The number of fused-ring (bicyclic) bond motifs is 1. The van der Waals surface area contributed by atoms with Crippen molar-refractivity contribution in [2.75, 3.05) is 40.1 Å². The molecule has 0 saturated carbocycles. The Labute approximate surface area is 176 Å². The highest BCUT2D eigenvalue weighted by Gasteiger charge is 2.18. The largest absolute Gasteiger partial charge is 0.497 e. The van der Waals surface area contributed by atoms with Crippen molar-refractivity contribution in [2.45, 2.75) is 38.4 Å². The first-order valence-electron chi connectivity index (χ1n) is 9.85. The lowest BCUT2D eigenvalue weighted by atomic mass is 10.2. The van der Waals surface area contributed by atoms with Crippen LogP contribution in [-0.2, 0) is 17.2 Å². The average Bonchev–Trinajstić information content (AvgIpc) is 3.10. The Morgan fingerprint density at radius 2 is 1.86 bits per heavy atom. The van der Waals surface area contributed by atoms with E-state index in [2.05, 4.69) is 26.7 Å². The van der Waals surface area contributed by atoms with Crippen LogP contribution in [0.4, 0.5) is 0 Å². The second-order valence-corrected chi connectivity index (χ2v) is 10.1. The first kappa shape index (κ1) is 23.1. The third-order valence-corrected chi connectivity index (χ3v) is 6.53. The van der Waals surface area contributed by atoms with E-state index in [0.717, 1.165) is 53.4 Å². The quantitative estimate of drug-likeness (QED) is 0.329. The van der Waals surface area contributed by atoms with Gasteiger partial charge in [0.25, 0.3) is 0 Å². The van der Waals surface area contributed by atoms with Gasteiger partial charge in [-0.1, -0.05) is 0 Å². The lowest BCUT2D eigenvalue weighted by Gasteiger charge is -2.18. The summed E-state index contributed by atoms with van der Waals surface area (Å²) < 4.78 is 22.7. The lowest BCUT2D eigenvalue weighted by molar-refractivity contribution is 0.398. The van der Waals surface area contributed by atoms with Crippen molar-refractivity contribution in [3.63, 3.8) is 0 Å². The molecule has 1 aromatic heterocycles. The molecule has 0 fully saturated rings. The molecule has 3 N–H and O–H groups in total. The first-order valence-corrected chi connectivity index (χ1v) is 11.2. The Bertz CT molecular complexity index is 855. The van der Waals surface area contributed by atoms with Crippen LogP contribution in [0.15, 0.2) is 23.2 Å². The second-order valence-electron chi connectivity index (χ2n) is 7.78. The molecule has 2 rings (SSSR count). The molecule has 8 heteroatoms. The summed E-state index contributed by atoms with van der Waals surface area (Å²) in [6, 6.07) is 6.00. The summed E-state index contributed by atoms with van der Waals surface area (Å²) in [4.78, 5) is 7.67. The minimum absolute atomic E-state index is 0.190. The van der Waals surface area contributed by atoms with Crippen LogP contribution in [-0.4, -0.2) is 60.0 Å². The van der Waals surface area contributed by atoms with Gasteiger partial charge in [-0.2, -0.15) is 0 Å². The molecular formula is C21H34N4O3S. The number of rotatable bonds is 9. The van der Waals surface area contributed by atoms with Crippen molar-refractivity contribution in [2.24, 2.45) is 4.99 Å². The van der Waals surface area contributed by atoms with Gasteiger partial charge in [0, 0.05) is 64.6 Å². The van der Waals surface area contributed by atoms with Gasteiger partial charge in [0.15, 0.2) is 5.96 Å². The minimum atomic E-state index is -0.870. The maximum atomic E-state index is 12.1. The molecule has 162 valence electrons. The number of guanidine groups is 1. The number of ether oxygens (including phenoxy) is 2. The molecule has 0 amide bonds. The van der Waals surface area contributed by atoms with Crippen LogP contribution in [0.3, 0.4) is 0 Å². The van der Waals surface area contributed by atoms with Crippen LogP contribution in [0.2, 0.25) is 0 Å². The van der Waals surface area contributed by atoms with E-state index in [9.17, 15) is 4.21 Å². The summed E-state index contributed by atoms with van der Waals surface area (Å²) in [5.74, 6) is 2.91. The van der Waals surface area contributed by atoms with Crippen molar-refractivity contribution in [1.29, 1.82) is 0 Å². The Hall–Kier alpha value is -2.22. The number of nitrogens with one attached hydrogen (secondary N) is 3. The average molecular weight is 423 g/mol. The van der Waals surface area contributed by atoms with E-state index in [-0.39, 0.29) is 4.75 Å². The fraction of sp³-hybridized carbons (Fsp3) is 0.571. The number of aromatic amines is 1. The fourth-order valence-corrected chi connectivity index (χ4v) is 3.83. The molecule has 0 saturated heterocycles. The van der Waals surface area contributed by atoms with E-state index < -0.39 is 10.8 Å². The van der Waals surface area contributed by atoms with E-state index in [1.165, 1.54) is 0 Å². The van der Waals surface area contributed by atoms with Gasteiger partial charge in [-0.05, 0) is 39.7 Å². The van der Waals surface area contributed by atoms with Gasteiger partial charge in [-0.15, -0.1) is 0 Å². The topological polar surface area (TPSA) is 87.7 Å². The zero-order valence-corrected chi connectivity index (χ0v) is 19.2. The van der Waals surface area contributed by atoms with Crippen LogP contribution in [0.25, 0.3) is 10.9 Å². The molecule has 0 radical (unpaired) electrons. The van der Waals surface area contributed by atoms with E-state index >= 15 is 0 Å². The number of aryl methyl sites for hydroxylation is 1. The van der Waals surface area contributed by atoms with Crippen LogP contribution >= 0.6 is 0 Å². The monoisotopic (exact) mass is 422 g/mol. The molecule has 1 atom stereocenters. The molecule has 1 aromatic carbocycles. The molecule has 0 aliphatic heterocycles. The highest BCUT2D eigenvalue weighted by molar-refractivity contribution is 7.86. The van der Waals surface area contributed by atoms with Crippen LogP contribution < -0.4 is 20.1 Å². The third-order valence-electron chi connectivity index (χ3n) is 4.59. The number of hydrogen-bond acceptors (Lipinski definition) is 4. The molecule has 0 aliphatic rings. The normalized spacial score (nSPS) is 13.4. The number of hydrogen-bond donors (Lipinski definition) is 3.